The number of aryl methyl sites for hydroxylation is 1. The fourth-order valence-electron chi connectivity index (χ4n) is 1.75. The Labute approximate surface area is 149 Å². The maximum atomic E-state index is 11.7. The predicted octanol–water partition coefficient (Wildman–Crippen LogP) is 2.02. The number of hydrazine groups is 1. The minimum Gasteiger partial charge on any atom is -0.484 e. The van der Waals surface area contributed by atoms with Crippen molar-refractivity contribution < 1.29 is 14.3 Å². The van der Waals surface area contributed by atoms with Gasteiger partial charge in [0.05, 0.1) is 4.88 Å². The normalized spacial score (nSPS) is 9.88. The van der Waals surface area contributed by atoms with E-state index in [4.69, 9.17) is 17.0 Å². The molecule has 0 saturated carbocycles. The second kappa shape index (κ2) is 8.99. The Kier molecular flexibility index (Phi) is 6.71. The van der Waals surface area contributed by atoms with Gasteiger partial charge in [-0.25, -0.2) is 0 Å². The van der Waals surface area contributed by atoms with Gasteiger partial charge in [-0.15, -0.1) is 11.3 Å². The van der Waals surface area contributed by atoms with Crippen molar-refractivity contribution in [2.45, 2.75) is 13.3 Å². The van der Waals surface area contributed by atoms with Crippen molar-refractivity contribution in [1.29, 1.82) is 0 Å². The molecule has 2 aromatic rings. The first-order chi connectivity index (χ1) is 11.6. The zero-order valence-electron chi connectivity index (χ0n) is 13.0. The van der Waals surface area contributed by atoms with Crippen LogP contribution in [0.15, 0.2) is 41.8 Å². The van der Waals surface area contributed by atoms with Crippen LogP contribution >= 0.6 is 23.6 Å². The van der Waals surface area contributed by atoms with Crippen LogP contribution in [0.5, 0.6) is 5.75 Å². The summed E-state index contributed by atoms with van der Waals surface area (Å²) < 4.78 is 5.37. The Hall–Kier alpha value is -2.45. The van der Waals surface area contributed by atoms with E-state index in [0.29, 0.717) is 10.6 Å². The number of thiophene rings is 1. The average Bonchev–Trinajstić information content (AvgIpc) is 3.13. The molecule has 0 atom stereocenters. The first-order valence-corrected chi connectivity index (χ1v) is 8.52. The van der Waals surface area contributed by atoms with Crippen molar-refractivity contribution in [2.24, 2.45) is 0 Å². The minimum atomic E-state index is -0.419. The summed E-state index contributed by atoms with van der Waals surface area (Å²) in [6.45, 7) is 1.89. The highest BCUT2D eigenvalue weighted by Gasteiger charge is 2.09. The number of hydrogen-bond acceptors (Lipinski definition) is 5. The van der Waals surface area contributed by atoms with Crippen LogP contribution in [0.3, 0.4) is 0 Å². The van der Waals surface area contributed by atoms with E-state index in [0.717, 1.165) is 6.42 Å². The molecule has 0 spiro atoms. The molecule has 126 valence electrons. The van der Waals surface area contributed by atoms with Crippen LogP contribution in [0.1, 0.15) is 22.2 Å². The van der Waals surface area contributed by atoms with Crippen LogP contribution < -0.4 is 20.9 Å². The molecule has 0 unspecified atom stereocenters. The van der Waals surface area contributed by atoms with Gasteiger partial charge in [0, 0.05) is 0 Å². The van der Waals surface area contributed by atoms with Crippen LogP contribution in [0.2, 0.25) is 0 Å². The number of amides is 2. The summed E-state index contributed by atoms with van der Waals surface area (Å²) >= 11 is 6.23. The molecule has 1 aromatic heterocycles. The van der Waals surface area contributed by atoms with Gasteiger partial charge in [-0.1, -0.05) is 25.1 Å². The van der Waals surface area contributed by atoms with Gasteiger partial charge in [-0.3, -0.25) is 25.8 Å². The van der Waals surface area contributed by atoms with Crippen LogP contribution in [0.25, 0.3) is 0 Å². The van der Waals surface area contributed by atoms with E-state index >= 15 is 0 Å². The zero-order chi connectivity index (χ0) is 17.4. The summed E-state index contributed by atoms with van der Waals surface area (Å²) in [5, 5.41) is 4.20. The number of nitrogens with one attached hydrogen (secondary N) is 3. The van der Waals surface area contributed by atoms with E-state index in [1.165, 1.54) is 16.9 Å². The molecule has 3 N–H and O–H groups in total. The fraction of sp³-hybridized carbons (Fsp3) is 0.188. The van der Waals surface area contributed by atoms with Gasteiger partial charge in [0.25, 0.3) is 11.8 Å². The summed E-state index contributed by atoms with van der Waals surface area (Å²) in [5.74, 6) is -0.140. The lowest BCUT2D eigenvalue weighted by molar-refractivity contribution is -0.121. The summed E-state index contributed by atoms with van der Waals surface area (Å²) in [7, 11) is 0. The number of ether oxygens (including phenoxy) is 1. The number of hydrogen-bond donors (Lipinski definition) is 3. The van der Waals surface area contributed by atoms with E-state index in [1.807, 2.05) is 24.3 Å². The Morgan fingerprint density at radius 3 is 2.54 bits per heavy atom. The molecule has 24 heavy (non-hydrogen) atoms. The third kappa shape index (κ3) is 5.64. The lowest BCUT2D eigenvalue weighted by Gasteiger charge is -2.11. The monoisotopic (exact) mass is 363 g/mol. The van der Waals surface area contributed by atoms with Crippen molar-refractivity contribution in [2.75, 3.05) is 6.61 Å². The molecule has 0 bridgehead atoms. The van der Waals surface area contributed by atoms with Crippen LogP contribution in [0, 0.1) is 0 Å². The second-order valence-electron chi connectivity index (χ2n) is 4.72. The highest BCUT2D eigenvalue weighted by molar-refractivity contribution is 7.80. The zero-order valence-corrected chi connectivity index (χ0v) is 14.6. The van der Waals surface area contributed by atoms with E-state index in [-0.39, 0.29) is 17.6 Å². The lowest BCUT2D eigenvalue weighted by Crippen LogP contribution is -2.49. The third-order valence-corrected chi connectivity index (χ3v) is 4.06. The van der Waals surface area contributed by atoms with Crippen LogP contribution in [-0.4, -0.2) is 23.5 Å². The molecule has 8 heteroatoms. The van der Waals surface area contributed by atoms with Crippen molar-refractivity contribution in [3.63, 3.8) is 0 Å². The third-order valence-electron chi connectivity index (χ3n) is 2.99. The Morgan fingerprint density at radius 1 is 1.17 bits per heavy atom. The molecule has 2 amide bonds. The van der Waals surface area contributed by atoms with Gasteiger partial charge in [0.2, 0.25) is 0 Å². The molecule has 0 aliphatic heterocycles. The predicted molar refractivity (Wildman–Crippen MR) is 97.0 cm³/mol. The largest absolute Gasteiger partial charge is 0.484 e. The van der Waals surface area contributed by atoms with Crippen molar-refractivity contribution in [1.82, 2.24) is 16.2 Å². The molecule has 0 saturated heterocycles. The first kappa shape index (κ1) is 17.9. The summed E-state index contributed by atoms with van der Waals surface area (Å²) in [6, 6.07) is 11.0. The van der Waals surface area contributed by atoms with E-state index in [9.17, 15) is 9.59 Å². The molecule has 1 aromatic carbocycles. The molecule has 1 heterocycles. The minimum absolute atomic E-state index is 0.00478. The van der Waals surface area contributed by atoms with Crippen molar-refractivity contribution in [3.05, 3.63) is 52.2 Å². The van der Waals surface area contributed by atoms with Gasteiger partial charge < -0.3 is 4.74 Å². The molecule has 0 fully saturated rings. The summed E-state index contributed by atoms with van der Waals surface area (Å²) in [5.41, 5.74) is 6.06. The number of thiocarbonyl (C=S) groups is 1. The van der Waals surface area contributed by atoms with Gasteiger partial charge in [0.15, 0.2) is 11.7 Å². The number of rotatable bonds is 5. The lowest BCUT2D eigenvalue weighted by atomic mass is 10.2. The smallest absolute Gasteiger partial charge is 0.279 e. The maximum absolute atomic E-state index is 11.7. The van der Waals surface area contributed by atoms with Gasteiger partial charge in [0.1, 0.15) is 5.75 Å². The quantitative estimate of drug-likeness (QED) is 0.560. The maximum Gasteiger partial charge on any atom is 0.279 e. The van der Waals surface area contributed by atoms with Crippen molar-refractivity contribution >= 4 is 40.5 Å². The topological polar surface area (TPSA) is 79.5 Å². The molecule has 6 nitrogen and oxygen atoms in total. The van der Waals surface area contributed by atoms with E-state index in [2.05, 4.69) is 23.1 Å². The first-order valence-electron chi connectivity index (χ1n) is 7.24. The van der Waals surface area contributed by atoms with Gasteiger partial charge in [-0.05, 0) is 47.8 Å². The highest BCUT2D eigenvalue weighted by Crippen LogP contribution is 2.12. The molecule has 0 radical (unpaired) electrons. The Balaban J connectivity index is 1.69. The molecular weight excluding hydrogens is 346 g/mol. The highest BCUT2D eigenvalue weighted by atomic mass is 32.1. The van der Waals surface area contributed by atoms with Gasteiger partial charge >= 0.3 is 0 Å². The molecule has 2 rings (SSSR count). The van der Waals surface area contributed by atoms with Crippen molar-refractivity contribution in [3.8, 4) is 5.75 Å². The Bertz CT molecular complexity index is 700. The fourth-order valence-corrected chi connectivity index (χ4v) is 2.53. The number of benzene rings is 1. The van der Waals surface area contributed by atoms with Crippen LogP contribution in [-0.2, 0) is 11.2 Å². The molecule has 0 aliphatic rings. The van der Waals surface area contributed by atoms with E-state index in [1.54, 1.807) is 17.5 Å². The standard InChI is InChI=1S/C16H17N3O3S2/c1-2-11-5-7-12(8-6-11)22-10-14(20)17-16(23)19-18-15(21)13-4-3-9-24-13/h3-9H,2,10H2,1H3,(H,18,21)(H2,17,19,20,23). The molecule has 0 aliphatic carbocycles. The average molecular weight is 363 g/mol. The van der Waals surface area contributed by atoms with Crippen LogP contribution in [0.4, 0.5) is 0 Å². The summed E-state index contributed by atoms with van der Waals surface area (Å²) in [4.78, 5) is 24.0. The number of carbonyl (C=O) groups is 2. The number of carbonyl (C=O) groups excluding carboxylic acids is 2. The van der Waals surface area contributed by atoms with Gasteiger partial charge in [-0.2, -0.15) is 0 Å². The second-order valence-corrected chi connectivity index (χ2v) is 6.08. The summed E-state index contributed by atoms with van der Waals surface area (Å²) in [6.07, 6.45) is 0.942. The molecular formula is C16H17N3O3S2. The SMILES string of the molecule is CCc1ccc(OCC(=O)NC(=S)NNC(=O)c2cccs2)cc1. The Morgan fingerprint density at radius 2 is 1.92 bits per heavy atom. The van der Waals surface area contributed by atoms with E-state index < -0.39 is 5.91 Å².